The summed E-state index contributed by atoms with van der Waals surface area (Å²) in [6.45, 7) is 0.379. The average molecular weight is 266 g/mol. The van der Waals surface area contributed by atoms with Gasteiger partial charge in [-0.1, -0.05) is 30.3 Å². The number of hydrogen-bond acceptors (Lipinski definition) is 3. The summed E-state index contributed by atoms with van der Waals surface area (Å²) in [5, 5.41) is 5.55. The predicted molar refractivity (Wildman–Crippen MR) is 76.9 cm³/mol. The lowest BCUT2D eigenvalue weighted by molar-refractivity contribution is 0.112. The van der Waals surface area contributed by atoms with E-state index in [1.54, 1.807) is 18.2 Å². The molecule has 0 aliphatic rings. The summed E-state index contributed by atoms with van der Waals surface area (Å²) >= 11 is 0. The first-order valence-corrected chi connectivity index (χ1v) is 6.36. The Morgan fingerprint density at radius 1 is 1.20 bits per heavy atom. The van der Waals surface area contributed by atoms with Gasteiger partial charge in [-0.05, 0) is 18.2 Å². The molecule has 0 N–H and O–H groups in total. The van der Waals surface area contributed by atoms with Crippen molar-refractivity contribution in [2.75, 3.05) is 0 Å². The Bertz CT molecular complexity index is 762. The van der Waals surface area contributed by atoms with Crippen molar-refractivity contribution in [1.29, 1.82) is 0 Å². The van der Waals surface area contributed by atoms with Crippen LogP contribution in [0, 0.1) is 0 Å². The number of nitrogens with zero attached hydrogens (tertiary/aromatic N) is 2. The Kier molecular flexibility index (Phi) is 3.21. The molecule has 0 unspecified atom stereocenters. The number of rotatable bonds is 4. The molecule has 0 amide bonds. The molecule has 3 aromatic rings. The number of fused-ring (bicyclic) bond motifs is 1. The third kappa shape index (κ3) is 2.28. The molecule has 4 nitrogen and oxygen atoms in total. The smallest absolute Gasteiger partial charge is 0.150 e. The minimum Gasteiger partial charge on any atom is -0.487 e. The van der Waals surface area contributed by atoms with E-state index in [2.05, 4.69) is 5.10 Å². The maximum atomic E-state index is 10.7. The van der Waals surface area contributed by atoms with Crippen molar-refractivity contribution in [3.8, 4) is 5.75 Å². The number of carbonyl (C=O) groups is 1. The Balaban J connectivity index is 1.85. The highest BCUT2D eigenvalue weighted by molar-refractivity contribution is 5.81. The fourth-order valence-electron chi connectivity index (χ4n) is 2.22. The topological polar surface area (TPSA) is 44.1 Å². The summed E-state index contributed by atoms with van der Waals surface area (Å²) in [6, 6.07) is 15.1. The molecule has 0 radical (unpaired) electrons. The van der Waals surface area contributed by atoms with Gasteiger partial charge in [0, 0.05) is 18.0 Å². The molecule has 0 saturated heterocycles. The van der Waals surface area contributed by atoms with Crippen molar-refractivity contribution in [3.05, 3.63) is 59.8 Å². The van der Waals surface area contributed by atoms with Gasteiger partial charge in [-0.3, -0.25) is 9.48 Å². The number of aryl methyl sites for hydroxylation is 1. The number of hydrogen-bond donors (Lipinski definition) is 0. The quantitative estimate of drug-likeness (QED) is 0.682. The van der Waals surface area contributed by atoms with E-state index in [-0.39, 0.29) is 0 Å². The molecule has 2 aromatic carbocycles. The number of aldehydes is 1. The highest BCUT2D eigenvalue weighted by atomic mass is 16.5. The van der Waals surface area contributed by atoms with E-state index >= 15 is 0 Å². The second-order valence-corrected chi connectivity index (χ2v) is 4.57. The summed E-state index contributed by atoms with van der Waals surface area (Å²) in [7, 11) is 1.92. The highest BCUT2D eigenvalue weighted by Gasteiger charge is 2.08. The lowest BCUT2D eigenvalue weighted by Gasteiger charge is -2.04. The predicted octanol–water partition coefficient (Wildman–Crippen LogP) is 2.96. The molecule has 0 atom stereocenters. The van der Waals surface area contributed by atoms with Crippen molar-refractivity contribution in [1.82, 2.24) is 9.78 Å². The summed E-state index contributed by atoms with van der Waals surface area (Å²) in [4.78, 5) is 10.7. The van der Waals surface area contributed by atoms with Crippen molar-refractivity contribution in [2.45, 2.75) is 6.61 Å². The van der Waals surface area contributed by atoms with E-state index in [9.17, 15) is 4.79 Å². The third-order valence-corrected chi connectivity index (χ3v) is 3.20. The van der Waals surface area contributed by atoms with Gasteiger partial charge in [0.05, 0.1) is 5.52 Å². The molecule has 100 valence electrons. The van der Waals surface area contributed by atoms with E-state index in [1.165, 1.54) is 0 Å². The molecule has 0 aliphatic carbocycles. The number of ether oxygens (including phenoxy) is 1. The van der Waals surface area contributed by atoms with Crippen LogP contribution in [0.1, 0.15) is 16.1 Å². The van der Waals surface area contributed by atoms with Crippen LogP contribution in [0.4, 0.5) is 0 Å². The normalized spacial score (nSPS) is 10.7. The van der Waals surface area contributed by atoms with Gasteiger partial charge in [-0.15, -0.1) is 0 Å². The van der Waals surface area contributed by atoms with Crippen LogP contribution in [0.5, 0.6) is 5.75 Å². The zero-order chi connectivity index (χ0) is 13.9. The highest BCUT2D eigenvalue weighted by Crippen LogP contribution is 2.20. The van der Waals surface area contributed by atoms with Crippen LogP contribution in [-0.2, 0) is 13.7 Å². The van der Waals surface area contributed by atoms with E-state index in [0.717, 1.165) is 22.9 Å². The van der Waals surface area contributed by atoms with Gasteiger partial charge in [-0.25, -0.2) is 0 Å². The van der Waals surface area contributed by atoms with Gasteiger partial charge in [0.1, 0.15) is 24.3 Å². The summed E-state index contributed by atoms with van der Waals surface area (Å²) in [6.07, 6.45) is 0.809. The average Bonchev–Trinajstić information content (AvgIpc) is 2.82. The van der Waals surface area contributed by atoms with Gasteiger partial charge >= 0.3 is 0 Å². The first-order chi connectivity index (χ1) is 9.78. The first-order valence-electron chi connectivity index (χ1n) is 6.36. The van der Waals surface area contributed by atoms with Gasteiger partial charge in [0.15, 0.2) is 0 Å². The largest absolute Gasteiger partial charge is 0.487 e. The number of para-hydroxylation sites is 1. The van der Waals surface area contributed by atoms with Gasteiger partial charge in [0.2, 0.25) is 0 Å². The van der Waals surface area contributed by atoms with Crippen molar-refractivity contribution >= 4 is 17.2 Å². The molecule has 0 saturated carbocycles. The second-order valence-electron chi connectivity index (χ2n) is 4.57. The summed E-state index contributed by atoms with van der Waals surface area (Å²) in [5.74, 6) is 0.671. The Morgan fingerprint density at radius 2 is 2.05 bits per heavy atom. The molecule has 0 aliphatic heterocycles. The Morgan fingerprint density at radius 3 is 2.90 bits per heavy atom. The SMILES string of the molecule is Cn1nc(COc2cccc(C=O)c2)c2ccccc21. The first kappa shape index (κ1) is 12.4. The molecule has 4 heteroatoms. The van der Waals surface area contributed by atoms with E-state index in [4.69, 9.17) is 4.74 Å². The van der Waals surface area contributed by atoms with Crippen molar-refractivity contribution in [2.24, 2.45) is 7.05 Å². The minimum atomic E-state index is 0.379. The van der Waals surface area contributed by atoms with E-state index in [1.807, 2.05) is 42.1 Å². The summed E-state index contributed by atoms with van der Waals surface area (Å²) < 4.78 is 7.56. The van der Waals surface area contributed by atoms with Gasteiger partial charge in [-0.2, -0.15) is 5.10 Å². The molecule has 1 aromatic heterocycles. The molecular weight excluding hydrogens is 252 g/mol. The van der Waals surface area contributed by atoms with E-state index in [0.29, 0.717) is 17.9 Å². The standard InChI is InChI=1S/C16H14N2O2/c1-18-16-8-3-2-7-14(16)15(17-18)11-20-13-6-4-5-12(9-13)10-19/h2-10H,11H2,1H3. The number of aromatic nitrogens is 2. The maximum Gasteiger partial charge on any atom is 0.150 e. The lowest BCUT2D eigenvalue weighted by Crippen LogP contribution is -1.98. The zero-order valence-corrected chi connectivity index (χ0v) is 11.1. The monoisotopic (exact) mass is 266 g/mol. The Hall–Kier alpha value is -2.62. The van der Waals surface area contributed by atoms with Crippen LogP contribution in [0.25, 0.3) is 10.9 Å². The van der Waals surface area contributed by atoms with Crippen molar-refractivity contribution in [3.63, 3.8) is 0 Å². The molecule has 0 spiro atoms. The van der Waals surface area contributed by atoms with Crippen LogP contribution < -0.4 is 4.74 Å². The van der Waals surface area contributed by atoms with Gasteiger partial charge < -0.3 is 4.74 Å². The van der Waals surface area contributed by atoms with E-state index < -0.39 is 0 Å². The fraction of sp³-hybridized carbons (Fsp3) is 0.125. The van der Waals surface area contributed by atoms with Crippen molar-refractivity contribution < 1.29 is 9.53 Å². The molecule has 20 heavy (non-hydrogen) atoms. The van der Waals surface area contributed by atoms with Crippen LogP contribution in [0.2, 0.25) is 0 Å². The molecule has 0 bridgehead atoms. The zero-order valence-electron chi connectivity index (χ0n) is 11.1. The maximum absolute atomic E-state index is 10.7. The summed E-state index contributed by atoms with van der Waals surface area (Å²) in [5.41, 5.74) is 2.57. The van der Waals surface area contributed by atoms with Crippen LogP contribution >= 0.6 is 0 Å². The van der Waals surface area contributed by atoms with Crippen LogP contribution in [0.15, 0.2) is 48.5 Å². The molecule has 1 heterocycles. The number of benzene rings is 2. The molecular formula is C16H14N2O2. The minimum absolute atomic E-state index is 0.379. The van der Waals surface area contributed by atoms with Crippen LogP contribution in [-0.4, -0.2) is 16.1 Å². The molecule has 3 rings (SSSR count). The lowest BCUT2D eigenvalue weighted by atomic mass is 10.2. The second kappa shape index (κ2) is 5.17. The van der Waals surface area contributed by atoms with Crippen LogP contribution in [0.3, 0.4) is 0 Å². The molecule has 0 fully saturated rings. The number of carbonyl (C=O) groups excluding carboxylic acids is 1. The Labute approximate surface area is 116 Å². The van der Waals surface area contributed by atoms with Gasteiger partial charge in [0.25, 0.3) is 0 Å². The third-order valence-electron chi connectivity index (χ3n) is 3.20. The fourth-order valence-corrected chi connectivity index (χ4v) is 2.22.